The quantitative estimate of drug-likeness (QED) is 0.773. The summed E-state index contributed by atoms with van der Waals surface area (Å²) in [5.74, 6) is 0. The minimum Gasteiger partial charge on any atom is -0.375 e. The van der Waals surface area contributed by atoms with Gasteiger partial charge in [-0.25, -0.2) is 0 Å². The molecular weight excluding hydrogens is 190 g/mol. The molecule has 0 aliphatic rings. The highest BCUT2D eigenvalue weighted by Gasteiger charge is 2.21. The first-order chi connectivity index (χ1) is 7.20. The van der Waals surface area contributed by atoms with E-state index in [-0.39, 0.29) is 5.60 Å². The van der Waals surface area contributed by atoms with Gasteiger partial charge in [-0.3, -0.25) is 0 Å². The lowest BCUT2D eigenvalue weighted by Gasteiger charge is -2.25. The van der Waals surface area contributed by atoms with Gasteiger partial charge in [0.15, 0.2) is 0 Å². The third-order valence-electron chi connectivity index (χ3n) is 2.44. The largest absolute Gasteiger partial charge is 0.375 e. The van der Waals surface area contributed by atoms with Crippen molar-refractivity contribution in [2.24, 2.45) is 5.73 Å². The maximum Gasteiger partial charge on any atom is 0.100 e. The third-order valence-corrected chi connectivity index (χ3v) is 2.44. The van der Waals surface area contributed by atoms with Crippen LogP contribution in [0.2, 0.25) is 0 Å². The minimum absolute atomic E-state index is 0.380. The number of hydrogen-bond acceptors (Lipinski definition) is 3. The highest BCUT2D eigenvalue weighted by molar-refractivity contribution is 5.13. The zero-order chi connectivity index (χ0) is 11.1. The van der Waals surface area contributed by atoms with Crippen LogP contribution in [0.15, 0.2) is 30.3 Å². The van der Waals surface area contributed by atoms with E-state index >= 15 is 0 Å². The lowest BCUT2D eigenvalue weighted by atomic mass is 10.1. The fraction of sp³-hybridized carbons (Fsp3) is 0.500. The van der Waals surface area contributed by atoms with Crippen molar-refractivity contribution in [1.82, 2.24) is 0 Å². The van der Waals surface area contributed by atoms with Crippen molar-refractivity contribution in [2.75, 3.05) is 20.3 Å². The van der Waals surface area contributed by atoms with E-state index < -0.39 is 0 Å². The Labute approximate surface area is 91.2 Å². The molecule has 15 heavy (non-hydrogen) atoms. The highest BCUT2D eigenvalue weighted by atomic mass is 16.5. The van der Waals surface area contributed by atoms with Crippen molar-refractivity contribution < 1.29 is 9.47 Å². The highest BCUT2D eigenvalue weighted by Crippen LogP contribution is 2.09. The van der Waals surface area contributed by atoms with Crippen LogP contribution in [0.25, 0.3) is 0 Å². The number of benzene rings is 1. The van der Waals surface area contributed by atoms with Gasteiger partial charge in [0.1, 0.15) is 5.60 Å². The normalized spacial score (nSPS) is 14.9. The van der Waals surface area contributed by atoms with Gasteiger partial charge in [0.05, 0.1) is 13.2 Å². The van der Waals surface area contributed by atoms with Gasteiger partial charge in [0, 0.05) is 13.7 Å². The first-order valence-corrected chi connectivity index (χ1v) is 5.07. The lowest BCUT2D eigenvalue weighted by molar-refractivity contribution is -0.0613. The predicted molar refractivity (Wildman–Crippen MR) is 60.6 cm³/mol. The van der Waals surface area contributed by atoms with Gasteiger partial charge in [-0.15, -0.1) is 0 Å². The van der Waals surface area contributed by atoms with E-state index in [9.17, 15) is 0 Å². The van der Waals surface area contributed by atoms with Crippen molar-refractivity contribution in [2.45, 2.75) is 19.1 Å². The van der Waals surface area contributed by atoms with Gasteiger partial charge in [0.25, 0.3) is 0 Å². The summed E-state index contributed by atoms with van der Waals surface area (Å²) in [5.41, 5.74) is 6.37. The molecule has 0 saturated carbocycles. The van der Waals surface area contributed by atoms with Crippen LogP contribution in [-0.4, -0.2) is 25.9 Å². The van der Waals surface area contributed by atoms with Gasteiger partial charge in [-0.1, -0.05) is 30.3 Å². The molecule has 0 aromatic heterocycles. The number of ether oxygens (including phenoxy) is 2. The van der Waals surface area contributed by atoms with E-state index in [1.807, 2.05) is 37.3 Å². The van der Waals surface area contributed by atoms with Crippen molar-refractivity contribution in [1.29, 1.82) is 0 Å². The molecule has 1 aromatic carbocycles. The maximum atomic E-state index is 5.59. The molecule has 3 heteroatoms. The molecule has 0 amide bonds. The molecule has 0 bridgehead atoms. The van der Waals surface area contributed by atoms with Crippen LogP contribution in [0.5, 0.6) is 0 Å². The second-order valence-corrected chi connectivity index (χ2v) is 3.84. The van der Waals surface area contributed by atoms with E-state index in [0.29, 0.717) is 19.8 Å². The van der Waals surface area contributed by atoms with Crippen LogP contribution >= 0.6 is 0 Å². The second-order valence-electron chi connectivity index (χ2n) is 3.84. The number of rotatable bonds is 6. The molecule has 1 aromatic rings. The Morgan fingerprint density at radius 2 is 1.93 bits per heavy atom. The molecule has 0 spiro atoms. The first kappa shape index (κ1) is 12.2. The maximum absolute atomic E-state index is 5.59. The molecule has 0 radical (unpaired) electrons. The van der Waals surface area contributed by atoms with Crippen molar-refractivity contribution in [3.05, 3.63) is 35.9 Å². The fourth-order valence-corrected chi connectivity index (χ4v) is 1.16. The van der Waals surface area contributed by atoms with Gasteiger partial charge in [-0.2, -0.15) is 0 Å². The monoisotopic (exact) mass is 209 g/mol. The standard InChI is InChI=1S/C12H19NO2/c1-12(9-13,14-2)10-15-8-11-6-4-3-5-7-11/h3-7H,8-10,13H2,1-2H3/t12-/m0/s1. The van der Waals surface area contributed by atoms with Gasteiger partial charge in [-0.05, 0) is 12.5 Å². The van der Waals surface area contributed by atoms with E-state index in [2.05, 4.69) is 0 Å². The number of hydrogen-bond donors (Lipinski definition) is 1. The zero-order valence-electron chi connectivity index (χ0n) is 9.40. The molecule has 1 rings (SSSR count). The fourth-order valence-electron chi connectivity index (χ4n) is 1.16. The van der Waals surface area contributed by atoms with Crippen LogP contribution in [0.4, 0.5) is 0 Å². The molecule has 3 nitrogen and oxygen atoms in total. The molecule has 84 valence electrons. The van der Waals surface area contributed by atoms with Crippen molar-refractivity contribution in [3.8, 4) is 0 Å². The molecule has 1 atom stereocenters. The van der Waals surface area contributed by atoms with Gasteiger partial charge < -0.3 is 15.2 Å². The Balaban J connectivity index is 2.33. The predicted octanol–water partition coefficient (Wildman–Crippen LogP) is 1.57. The Morgan fingerprint density at radius 3 is 2.47 bits per heavy atom. The summed E-state index contributed by atoms with van der Waals surface area (Å²) >= 11 is 0. The molecule has 0 aliphatic heterocycles. The van der Waals surface area contributed by atoms with Crippen LogP contribution in [-0.2, 0) is 16.1 Å². The number of methoxy groups -OCH3 is 1. The molecule has 0 saturated heterocycles. The molecule has 0 heterocycles. The Bertz CT molecular complexity index is 270. The molecular formula is C12H19NO2. The summed E-state index contributed by atoms with van der Waals surface area (Å²) < 4.78 is 10.8. The average molecular weight is 209 g/mol. The summed E-state index contributed by atoms with van der Waals surface area (Å²) in [4.78, 5) is 0. The van der Waals surface area contributed by atoms with E-state index in [1.54, 1.807) is 7.11 Å². The summed E-state index contributed by atoms with van der Waals surface area (Å²) in [6, 6.07) is 10.1. The SMILES string of the molecule is CO[C@@](C)(CN)COCc1ccccc1. The van der Waals surface area contributed by atoms with Crippen molar-refractivity contribution in [3.63, 3.8) is 0 Å². The number of nitrogens with two attached hydrogens (primary N) is 1. The minimum atomic E-state index is -0.380. The van der Waals surface area contributed by atoms with Crippen LogP contribution < -0.4 is 5.73 Å². The molecule has 0 fully saturated rings. The van der Waals surface area contributed by atoms with Gasteiger partial charge in [0.2, 0.25) is 0 Å². The Morgan fingerprint density at radius 1 is 1.27 bits per heavy atom. The molecule has 2 N–H and O–H groups in total. The summed E-state index contributed by atoms with van der Waals surface area (Å²) in [5, 5.41) is 0. The average Bonchev–Trinajstić information content (AvgIpc) is 2.30. The smallest absolute Gasteiger partial charge is 0.100 e. The van der Waals surface area contributed by atoms with Gasteiger partial charge >= 0.3 is 0 Å². The Hall–Kier alpha value is -0.900. The van der Waals surface area contributed by atoms with E-state index in [0.717, 1.165) is 5.56 Å². The summed E-state index contributed by atoms with van der Waals surface area (Å²) in [6.45, 7) is 3.50. The van der Waals surface area contributed by atoms with Crippen LogP contribution in [0.3, 0.4) is 0 Å². The van der Waals surface area contributed by atoms with Crippen molar-refractivity contribution >= 4 is 0 Å². The van der Waals surface area contributed by atoms with Crippen LogP contribution in [0, 0.1) is 0 Å². The summed E-state index contributed by atoms with van der Waals surface area (Å²) in [7, 11) is 1.65. The van der Waals surface area contributed by atoms with Crippen LogP contribution in [0.1, 0.15) is 12.5 Å². The molecule has 0 aliphatic carbocycles. The van der Waals surface area contributed by atoms with E-state index in [1.165, 1.54) is 0 Å². The zero-order valence-corrected chi connectivity index (χ0v) is 9.40. The first-order valence-electron chi connectivity index (χ1n) is 5.07. The van der Waals surface area contributed by atoms with E-state index in [4.69, 9.17) is 15.2 Å². The Kier molecular flexibility index (Phi) is 4.75. The lowest BCUT2D eigenvalue weighted by Crippen LogP contribution is -2.41. The topological polar surface area (TPSA) is 44.5 Å². The third kappa shape index (κ3) is 4.00. The summed E-state index contributed by atoms with van der Waals surface area (Å²) in [6.07, 6.45) is 0. The molecule has 0 unspecified atom stereocenters. The second kappa shape index (κ2) is 5.85.